The van der Waals surface area contributed by atoms with Crippen molar-refractivity contribution >= 4 is 40.5 Å². The number of nitrogens with zero attached hydrogens (tertiary/aromatic N) is 1. The topological polar surface area (TPSA) is 43.1 Å². The average molecular weight is 258 g/mol. The summed E-state index contributed by atoms with van der Waals surface area (Å²) in [6.07, 6.45) is 0. The van der Waals surface area contributed by atoms with E-state index in [1.54, 1.807) is 0 Å². The van der Waals surface area contributed by atoms with E-state index in [9.17, 15) is 14.5 Å². The fourth-order valence-electron chi connectivity index (χ4n) is 0.829. The van der Waals surface area contributed by atoms with E-state index in [-0.39, 0.29) is 5.56 Å². The molecule has 0 N–H and O–H groups in total. The van der Waals surface area contributed by atoms with Gasteiger partial charge in [0, 0.05) is 11.6 Å². The standard InChI is InChI=1S/C7H3Cl3FNO2/c8-7(9,10)4-1-2-5(11)6(3-4)12(13)14/h1-3H. The highest BCUT2D eigenvalue weighted by atomic mass is 35.6. The molecule has 1 rings (SSSR count). The number of hydrogen-bond acceptors (Lipinski definition) is 2. The molecule has 0 aromatic heterocycles. The summed E-state index contributed by atoms with van der Waals surface area (Å²) in [4.78, 5) is 9.46. The maximum atomic E-state index is 12.8. The minimum Gasteiger partial charge on any atom is -0.258 e. The maximum absolute atomic E-state index is 12.8. The number of halogens is 4. The first-order valence-corrected chi connectivity index (χ1v) is 4.47. The second-order valence-corrected chi connectivity index (χ2v) is 4.70. The SMILES string of the molecule is O=[N+]([O-])c1cc(C(Cl)(Cl)Cl)ccc1F. The average Bonchev–Trinajstić information content (AvgIpc) is 2.02. The van der Waals surface area contributed by atoms with E-state index >= 15 is 0 Å². The van der Waals surface area contributed by atoms with Crippen molar-refractivity contribution in [1.82, 2.24) is 0 Å². The van der Waals surface area contributed by atoms with Gasteiger partial charge in [-0.15, -0.1) is 0 Å². The zero-order valence-corrected chi connectivity index (χ0v) is 8.78. The summed E-state index contributed by atoms with van der Waals surface area (Å²) in [6, 6.07) is 2.95. The molecule has 3 nitrogen and oxygen atoms in total. The van der Waals surface area contributed by atoms with Crippen molar-refractivity contribution in [3.63, 3.8) is 0 Å². The first-order chi connectivity index (χ1) is 6.32. The summed E-state index contributed by atoms with van der Waals surface area (Å²) in [6.45, 7) is 0. The molecule has 0 saturated carbocycles. The predicted octanol–water partition coefficient (Wildman–Crippen LogP) is 3.56. The van der Waals surface area contributed by atoms with Gasteiger partial charge in [-0.05, 0) is 6.07 Å². The molecular weight excluding hydrogens is 255 g/mol. The third-order valence-corrected chi connectivity index (χ3v) is 2.12. The van der Waals surface area contributed by atoms with Crippen LogP contribution in [0.2, 0.25) is 0 Å². The fourth-order valence-corrected chi connectivity index (χ4v) is 1.18. The number of rotatable bonds is 1. The lowest BCUT2D eigenvalue weighted by Gasteiger charge is -2.10. The second-order valence-electron chi connectivity index (χ2n) is 2.42. The van der Waals surface area contributed by atoms with Gasteiger partial charge >= 0.3 is 5.69 Å². The van der Waals surface area contributed by atoms with Crippen LogP contribution in [0.25, 0.3) is 0 Å². The summed E-state index contributed by atoms with van der Waals surface area (Å²) in [7, 11) is 0. The van der Waals surface area contributed by atoms with Gasteiger partial charge in [0.05, 0.1) is 4.92 Å². The number of nitro benzene ring substituents is 1. The van der Waals surface area contributed by atoms with Crippen molar-refractivity contribution < 1.29 is 9.31 Å². The highest BCUT2D eigenvalue weighted by Crippen LogP contribution is 2.39. The highest BCUT2D eigenvalue weighted by Gasteiger charge is 2.26. The molecule has 0 heterocycles. The Morgan fingerprint density at radius 1 is 1.36 bits per heavy atom. The van der Waals surface area contributed by atoms with Crippen molar-refractivity contribution in [2.75, 3.05) is 0 Å². The number of nitro groups is 1. The zero-order valence-electron chi connectivity index (χ0n) is 6.51. The largest absolute Gasteiger partial charge is 0.305 e. The molecule has 0 radical (unpaired) electrons. The van der Waals surface area contributed by atoms with E-state index in [1.165, 1.54) is 6.07 Å². The van der Waals surface area contributed by atoms with Gasteiger partial charge < -0.3 is 0 Å². The summed E-state index contributed by atoms with van der Waals surface area (Å²) >= 11 is 16.4. The summed E-state index contributed by atoms with van der Waals surface area (Å²) in [5, 5.41) is 10.3. The molecule has 14 heavy (non-hydrogen) atoms. The molecule has 0 spiro atoms. The van der Waals surface area contributed by atoms with Crippen LogP contribution in [0, 0.1) is 15.9 Å². The van der Waals surface area contributed by atoms with E-state index < -0.39 is 20.2 Å². The Morgan fingerprint density at radius 3 is 2.36 bits per heavy atom. The molecule has 0 bridgehead atoms. The predicted molar refractivity (Wildman–Crippen MR) is 52.3 cm³/mol. The molecule has 0 aliphatic carbocycles. The van der Waals surface area contributed by atoms with Gasteiger partial charge in [-0.3, -0.25) is 10.1 Å². The highest BCUT2D eigenvalue weighted by molar-refractivity contribution is 6.66. The molecule has 0 aliphatic rings. The first-order valence-electron chi connectivity index (χ1n) is 3.33. The first kappa shape index (κ1) is 11.5. The lowest BCUT2D eigenvalue weighted by atomic mass is 10.2. The third kappa shape index (κ3) is 2.47. The van der Waals surface area contributed by atoms with Crippen LogP contribution in [0.4, 0.5) is 10.1 Å². The van der Waals surface area contributed by atoms with Crippen LogP contribution in [0.1, 0.15) is 5.56 Å². The van der Waals surface area contributed by atoms with Gasteiger partial charge in [-0.2, -0.15) is 4.39 Å². The molecule has 0 fully saturated rings. The number of benzene rings is 1. The number of alkyl halides is 3. The van der Waals surface area contributed by atoms with Gasteiger partial charge in [-0.25, -0.2) is 0 Å². The second kappa shape index (κ2) is 3.88. The van der Waals surface area contributed by atoms with Crippen LogP contribution in [0.15, 0.2) is 18.2 Å². The minimum atomic E-state index is -1.79. The lowest BCUT2D eigenvalue weighted by molar-refractivity contribution is -0.387. The molecule has 76 valence electrons. The molecule has 1 aromatic carbocycles. The van der Waals surface area contributed by atoms with E-state index in [0.29, 0.717) is 0 Å². The molecular formula is C7H3Cl3FNO2. The number of hydrogen-bond donors (Lipinski definition) is 0. The Bertz CT molecular complexity index is 378. The van der Waals surface area contributed by atoms with Crippen LogP contribution < -0.4 is 0 Å². The Morgan fingerprint density at radius 2 is 1.93 bits per heavy atom. The van der Waals surface area contributed by atoms with E-state index in [2.05, 4.69) is 0 Å². The van der Waals surface area contributed by atoms with E-state index in [0.717, 1.165) is 12.1 Å². The van der Waals surface area contributed by atoms with Gasteiger partial charge in [-0.1, -0.05) is 40.9 Å². The summed E-state index contributed by atoms with van der Waals surface area (Å²) in [5.74, 6) is -0.965. The van der Waals surface area contributed by atoms with Crippen LogP contribution >= 0.6 is 34.8 Å². The molecule has 7 heteroatoms. The van der Waals surface area contributed by atoms with Gasteiger partial charge in [0.2, 0.25) is 9.61 Å². The normalized spacial score (nSPS) is 11.4. The smallest absolute Gasteiger partial charge is 0.258 e. The fraction of sp³-hybridized carbons (Fsp3) is 0.143. The van der Waals surface area contributed by atoms with Crippen LogP contribution in [-0.2, 0) is 3.79 Å². The van der Waals surface area contributed by atoms with Crippen molar-refractivity contribution in [1.29, 1.82) is 0 Å². The molecule has 0 atom stereocenters. The third-order valence-electron chi connectivity index (χ3n) is 1.47. The Kier molecular flexibility index (Phi) is 3.19. The Balaban J connectivity index is 3.27. The molecule has 0 saturated heterocycles. The Labute approximate surface area is 93.5 Å². The monoisotopic (exact) mass is 257 g/mol. The van der Waals surface area contributed by atoms with Crippen LogP contribution in [0.3, 0.4) is 0 Å². The van der Waals surface area contributed by atoms with Crippen LogP contribution in [-0.4, -0.2) is 4.92 Å². The van der Waals surface area contributed by atoms with Gasteiger partial charge in [0.15, 0.2) is 0 Å². The molecule has 0 amide bonds. The summed E-state index contributed by atoms with van der Waals surface area (Å²) < 4.78 is 11.0. The minimum absolute atomic E-state index is 0.0515. The molecule has 0 aliphatic heterocycles. The lowest BCUT2D eigenvalue weighted by Crippen LogP contribution is -2.02. The molecule has 0 unspecified atom stereocenters. The molecule has 1 aromatic rings. The van der Waals surface area contributed by atoms with Crippen molar-refractivity contribution in [3.8, 4) is 0 Å². The van der Waals surface area contributed by atoms with Gasteiger partial charge in [0.1, 0.15) is 0 Å². The van der Waals surface area contributed by atoms with E-state index in [1.807, 2.05) is 0 Å². The quantitative estimate of drug-likeness (QED) is 0.439. The maximum Gasteiger partial charge on any atom is 0.305 e. The van der Waals surface area contributed by atoms with Crippen LogP contribution in [0.5, 0.6) is 0 Å². The van der Waals surface area contributed by atoms with E-state index in [4.69, 9.17) is 34.8 Å². The van der Waals surface area contributed by atoms with Crippen molar-refractivity contribution in [2.45, 2.75) is 3.79 Å². The Hall–Kier alpha value is -0.580. The zero-order chi connectivity index (χ0) is 10.9. The summed E-state index contributed by atoms with van der Waals surface area (Å²) in [5.41, 5.74) is -0.663. The van der Waals surface area contributed by atoms with Gasteiger partial charge in [0.25, 0.3) is 0 Å². The van der Waals surface area contributed by atoms with Crippen molar-refractivity contribution in [2.24, 2.45) is 0 Å². The van der Waals surface area contributed by atoms with Crippen molar-refractivity contribution in [3.05, 3.63) is 39.7 Å².